The zero-order valence-electron chi connectivity index (χ0n) is 26.6. The number of piperazine rings is 1. The van der Waals surface area contributed by atoms with Crippen molar-refractivity contribution in [3.05, 3.63) is 115 Å². The summed E-state index contributed by atoms with van der Waals surface area (Å²) < 4.78 is 35.0. The van der Waals surface area contributed by atoms with Crippen LogP contribution in [0.15, 0.2) is 114 Å². The summed E-state index contributed by atoms with van der Waals surface area (Å²) in [5.41, 5.74) is 8.36. The molecule has 2 heterocycles. The third kappa shape index (κ3) is 6.54. The van der Waals surface area contributed by atoms with Crippen molar-refractivity contribution >= 4 is 21.8 Å². The Hall–Kier alpha value is -4.51. The molecular formula is C37H41N4O5S+. The van der Waals surface area contributed by atoms with Crippen LogP contribution in [0.1, 0.15) is 30.1 Å². The topological polar surface area (TPSA) is 110 Å². The largest absolute Gasteiger partial charge is 0.457 e. The lowest BCUT2D eigenvalue weighted by Gasteiger charge is -2.48. The molecule has 4 aromatic carbocycles. The molecule has 3 atom stereocenters. The average Bonchev–Trinajstić information content (AvgIpc) is 3.56. The number of primary amides is 1. The van der Waals surface area contributed by atoms with Gasteiger partial charge in [0, 0.05) is 5.56 Å². The summed E-state index contributed by atoms with van der Waals surface area (Å²) in [5, 5.41) is 0. The van der Waals surface area contributed by atoms with E-state index in [-0.39, 0.29) is 43.0 Å². The highest BCUT2D eigenvalue weighted by Crippen LogP contribution is 2.36. The molecule has 244 valence electrons. The summed E-state index contributed by atoms with van der Waals surface area (Å²) in [6.45, 7) is 4.05. The number of sulfonamides is 1. The van der Waals surface area contributed by atoms with E-state index in [4.69, 9.17) is 10.5 Å². The number of likely N-dealkylation sites (tertiary alicyclic amines) is 1. The molecule has 0 bridgehead atoms. The van der Waals surface area contributed by atoms with E-state index in [1.54, 1.807) is 53.4 Å². The van der Waals surface area contributed by atoms with Gasteiger partial charge in [0.25, 0.3) is 11.8 Å². The minimum absolute atomic E-state index is 0.0281. The molecule has 0 radical (unpaired) electrons. The molecule has 4 aromatic rings. The second kappa shape index (κ2) is 13.7. The predicted molar refractivity (Wildman–Crippen MR) is 181 cm³/mol. The zero-order valence-corrected chi connectivity index (χ0v) is 27.4. The van der Waals surface area contributed by atoms with Crippen LogP contribution >= 0.6 is 0 Å². The smallest absolute Gasteiger partial charge is 0.328 e. The van der Waals surface area contributed by atoms with Crippen molar-refractivity contribution in [2.75, 3.05) is 39.3 Å². The Kier molecular flexibility index (Phi) is 9.45. The van der Waals surface area contributed by atoms with Gasteiger partial charge < -0.3 is 15.4 Å². The number of rotatable bonds is 10. The van der Waals surface area contributed by atoms with Crippen molar-refractivity contribution in [3.63, 3.8) is 0 Å². The fourth-order valence-corrected chi connectivity index (χ4v) is 9.11. The van der Waals surface area contributed by atoms with E-state index in [9.17, 15) is 18.0 Å². The van der Waals surface area contributed by atoms with Gasteiger partial charge in [-0.25, -0.2) is 0 Å². The number of nitrogens with zero attached hydrogens (tertiary/aromatic N) is 3. The number of hydrogen-bond donors (Lipinski definition) is 1. The molecule has 6 rings (SSSR count). The molecule has 2 aliphatic rings. The predicted octanol–water partition coefficient (Wildman–Crippen LogP) is 5.15. The van der Waals surface area contributed by atoms with E-state index in [1.165, 1.54) is 0 Å². The van der Waals surface area contributed by atoms with Gasteiger partial charge >= 0.3 is 10.0 Å². The summed E-state index contributed by atoms with van der Waals surface area (Å²) in [5.74, 6) is 0.236. The third-order valence-corrected chi connectivity index (χ3v) is 12.0. The lowest BCUT2D eigenvalue weighted by molar-refractivity contribution is -0.830. The standard InChI is InChI=1S/C37H40N4O5S/c1-2-39-23-9-12-31(39)27-41(47(44,45)34-21-17-29(18-22-34)28-10-5-3-6-11-28)25-24-40(26-35(41)36(38)42)37(43)30-15-19-33(20-16-30)46-32-13-7-4-8-14-32/h3-8,10-11,13-22,31,35H,2,9,12,23-27H2,1H3,(H-,38,42)/p+1. The molecule has 2 aliphatic heterocycles. The van der Waals surface area contributed by atoms with Crippen molar-refractivity contribution in [1.29, 1.82) is 0 Å². The highest BCUT2D eigenvalue weighted by atomic mass is 32.2. The lowest BCUT2D eigenvalue weighted by Crippen LogP contribution is -2.73. The first kappa shape index (κ1) is 32.4. The molecule has 0 saturated carbocycles. The Morgan fingerprint density at radius 2 is 1.45 bits per heavy atom. The van der Waals surface area contributed by atoms with Crippen molar-refractivity contribution in [1.82, 2.24) is 9.80 Å². The number of likely N-dealkylation sites (N-methyl/N-ethyl adjacent to an activating group) is 1. The van der Waals surface area contributed by atoms with E-state index in [2.05, 4.69) is 11.8 Å². The van der Waals surface area contributed by atoms with Gasteiger partial charge in [0.2, 0.25) is 6.04 Å². The lowest BCUT2D eigenvalue weighted by atomic mass is 10.1. The van der Waals surface area contributed by atoms with Crippen LogP contribution < -0.4 is 10.5 Å². The van der Waals surface area contributed by atoms with Crippen molar-refractivity contribution in [3.8, 4) is 22.6 Å². The van der Waals surface area contributed by atoms with Crippen LogP contribution in [0.2, 0.25) is 0 Å². The molecule has 3 unspecified atom stereocenters. The number of hydrogen-bond acceptors (Lipinski definition) is 6. The average molecular weight is 654 g/mol. The van der Waals surface area contributed by atoms with Crippen LogP contribution in [0.4, 0.5) is 0 Å². The van der Waals surface area contributed by atoms with E-state index in [0.717, 1.165) is 37.1 Å². The Balaban J connectivity index is 1.30. The minimum atomic E-state index is -4.13. The fourth-order valence-electron chi connectivity index (χ4n) is 7.01. The normalized spacial score (nSPS) is 21.8. The molecule has 9 nitrogen and oxygen atoms in total. The molecule has 0 aliphatic carbocycles. The number of benzene rings is 4. The van der Waals surface area contributed by atoms with Gasteiger partial charge in [-0.3, -0.25) is 14.5 Å². The number of carbonyl (C=O) groups is 2. The van der Waals surface area contributed by atoms with Crippen LogP contribution in [0.3, 0.4) is 0 Å². The summed E-state index contributed by atoms with van der Waals surface area (Å²) >= 11 is 0. The highest BCUT2D eigenvalue weighted by molar-refractivity contribution is 7.86. The van der Waals surface area contributed by atoms with Crippen molar-refractivity contribution < 1.29 is 26.6 Å². The molecule has 2 saturated heterocycles. The number of quaternary nitrogens is 1. The number of para-hydroxylation sites is 1. The summed E-state index contributed by atoms with van der Waals surface area (Å²) in [6.07, 6.45) is 1.79. The number of ether oxygens (including phenoxy) is 1. The Bertz CT molecular complexity index is 1800. The van der Waals surface area contributed by atoms with E-state index >= 15 is 0 Å². The van der Waals surface area contributed by atoms with Gasteiger partial charge in [0.15, 0.2) is 0 Å². The maximum atomic E-state index is 14.8. The van der Waals surface area contributed by atoms with Crippen LogP contribution in [0, 0.1) is 0 Å². The number of nitrogens with two attached hydrogens (primary N) is 1. The van der Waals surface area contributed by atoms with Gasteiger partial charge in [0.05, 0.1) is 19.1 Å². The maximum absolute atomic E-state index is 14.8. The van der Waals surface area contributed by atoms with Gasteiger partial charge in [-0.1, -0.05) is 67.6 Å². The Morgan fingerprint density at radius 3 is 2.09 bits per heavy atom. The van der Waals surface area contributed by atoms with Gasteiger partial charge in [0.1, 0.15) is 29.5 Å². The SMILES string of the molecule is CCN1CCCC1C[N+]1(S(=O)(=O)c2ccc(-c3ccccc3)cc2)CCN(C(=O)c2ccc(Oc3ccccc3)cc2)CC1C(N)=O. The summed E-state index contributed by atoms with van der Waals surface area (Å²) in [7, 11) is -4.13. The van der Waals surface area contributed by atoms with E-state index in [1.807, 2.05) is 60.7 Å². The zero-order chi connectivity index (χ0) is 33.0. The highest BCUT2D eigenvalue weighted by Gasteiger charge is 2.57. The second-order valence-corrected chi connectivity index (χ2v) is 14.4. The van der Waals surface area contributed by atoms with Crippen LogP contribution in [0.25, 0.3) is 11.1 Å². The summed E-state index contributed by atoms with van der Waals surface area (Å²) in [4.78, 5) is 31.0. The first-order valence-electron chi connectivity index (χ1n) is 16.1. The molecule has 2 amide bonds. The third-order valence-electron chi connectivity index (χ3n) is 9.57. The van der Waals surface area contributed by atoms with Crippen LogP contribution in [-0.4, -0.2) is 85.3 Å². The fraction of sp³-hybridized carbons (Fsp3) is 0.297. The van der Waals surface area contributed by atoms with Gasteiger partial charge in [-0.15, -0.1) is 0 Å². The molecule has 2 fully saturated rings. The molecule has 47 heavy (non-hydrogen) atoms. The molecule has 2 N–H and O–H groups in total. The number of carbonyl (C=O) groups excluding carboxylic acids is 2. The van der Waals surface area contributed by atoms with Crippen LogP contribution in [0.5, 0.6) is 11.5 Å². The Morgan fingerprint density at radius 1 is 0.830 bits per heavy atom. The quantitative estimate of drug-likeness (QED) is 0.237. The maximum Gasteiger partial charge on any atom is 0.328 e. The molecular weight excluding hydrogens is 612 g/mol. The monoisotopic (exact) mass is 653 g/mol. The summed E-state index contributed by atoms with van der Waals surface area (Å²) in [6, 6.07) is 31.6. The van der Waals surface area contributed by atoms with Crippen molar-refractivity contribution in [2.24, 2.45) is 5.73 Å². The van der Waals surface area contributed by atoms with Gasteiger partial charge in [-0.2, -0.15) is 12.3 Å². The first-order valence-corrected chi connectivity index (χ1v) is 17.6. The first-order chi connectivity index (χ1) is 22.7. The van der Waals surface area contributed by atoms with Gasteiger partial charge in [-0.05, 0) is 85.6 Å². The van der Waals surface area contributed by atoms with E-state index < -0.39 is 25.9 Å². The van der Waals surface area contributed by atoms with E-state index in [0.29, 0.717) is 17.1 Å². The number of amides is 2. The Labute approximate surface area is 276 Å². The van der Waals surface area contributed by atoms with Crippen molar-refractivity contribution in [2.45, 2.75) is 36.7 Å². The molecule has 10 heteroatoms. The molecule has 0 spiro atoms. The minimum Gasteiger partial charge on any atom is -0.457 e. The van der Waals surface area contributed by atoms with Crippen LogP contribution in [-0.2, 0) is 14.8 Å². The molecule has 0 aromatic heterocycles. The second-order valence-electron chi connectivity index (χ2n) is 12.3.